The van der Waals surface area contributed by atoms with Crippen molar-refractivity contribution in [3.8, 4) is 0 Å². The lowest BCUT2D eigenvalue weighted by atomic mass is 9.93. The van der Waals surface area contributed by atoms with Gasteiger partial charge in [0.1, 0.15) is 11.8 Å². The van der Waals surface area contributed by atoms with Crippen LogP contribution in [0.1, 0.15) is 46.5 Å². The molecule has 21 heavy (non-hydrogen) atoms. The van der Waals surface area contributed by atoms with Crippen LogP contribution >= 0.6 is 0 Å². The van der Waals surface area contributed by atoms with Crippen LogP contribution in [-0.4, -0.2) is 48.9 Å². The van der Waals surface area contributed by atoms with Crippen LogP contribution in [0.2, 0.25) is 0 Å². The molecule has 0 bridgehead atoms. The van der Waals surface area contributed by atoms with E-state index in [4.69, 9.17) is 4.74 Å². The number of esters is 1. The second-order valence-electron chi connectivity index (χ2n) is 6.44. The van der Waals surface area contributed by atoms with Crippen LogP contribution in [-0.2, 0) is 14.3 Å². The van der Waals surface area contributed by atoms with Gasteiger partial charge in [-0.15, -0.1) is 0 Å². The summed E-state index contributed by atoms with van der Waals surface area (Å²) in [6.45, 7) is 6.23. The van der Waals surface area contributed by atoms with E-state index in [0.29, 0.717) is 25.9 Å². The molecule has 0 radical (unpaired) electrons. The van der Waals surface area contributed by atoms with Crippen molar-refractivity contribution in [2.45, 2.75) is 58.2 Å². The molecule has 1 aliphatic heterocycles. The van der Waals surface area contributed by atoms with Crippen LogP contribution in [0.15, 0.2) is 0 Å². The molecule has 1 amide bonds. The topological polar surface area (TPSA) is 55.8 Å². The van der Waals surface area contributed by atoms with Crippen molar-refractivity contribution in [3.05, 3.63) is 0 Å². The number of nitrogens with zero attached hydrogens (tertiary/aromatic N) is 1. The minimum Gasteiger partial charge on any atom is -0.469 e. The van der Waals surface area contributed by atoms with Crippen LogP contribution in [0.25, 0.3) is 0 Å². The molecule has 122 valence electrons. The number of hydrogen-bond donors (Lipinski definition) is 0. The number of alkyl halides is 1. The molecule has 1 heterocycles. The highest BCUT2D eigenvalue weighted by molar-refractivity contribution is 5.69. The lowest BCUT2D eigenvalue weighted by Crippen LogP contribution is -2.37. The molecule has 0 aromatic rings. The molecule has 1 fully saturated rings. The zero-order valence-electron chi connectivity index (χ0n) is 13.4. The highest BCUT2D eigenvalue weighted by Gasteiger charge is 2.30. The van der Waals surface area contributed by atoms with Crippen LogP contribution in [0.3, 0.4) is 0 Å². The van der Waals surface area contributed by atoms with E-state index in [2.05, 4.69) is 4.74 Å². The summed E-state index contributed by atoms with van der Waals surface area (Å²) in [5, 5.41) is 0. The largest absolute Gasteiger partial charge is 0.469 e. The summed E-state index contributed by atoms with van der Waals surface area (Å²) in [7, 11) is 1.33. The van der Waals surface area contributed by atoms with Crippen LogP contribution in [0.4, 0.5) is 9.18 Å². The van der Waals surface area contributed by atoms with Crippen molar-refractivity contribution in [2.24, 2.45) is 5.92 Å². The maximum atomic E-state index is 14.1. The van der Waals surface area contributed by atoms with E-state index in [1.807, 2.05) is 0 Å². The smallest absolute Gasteiger partial charge is 0.410 e. The third kappa shape index (κ3) is 6.31. The Labute approximate surface area is 125 Å². The molecule has 0 spiro atoms. The number of carbonyl (C=O) groups excluding carboxylic acids is 2. The summed E-state index contributed by atoms with van der Waals surface area (Å²) in [5.41, 5.74) is -0.553. The Balaban J connectivity index is 2.51. The number of hydrogen-bond acceptors (Lipinski definition) is 4. The van der Waals surface area contributed by atoms with Crippen LogP contribution in [0, 0.1) is 5.92 Å². The molecule has 1 saturated heterocycles. The van der Waals surface area contributed by atoms with Crippen molar-refractivity contribution >= 4 is 12.1 Å². The fourth-order valence-corrected chi connectivity index (χ4v) is 2.37. The fourth-order valence-electron chi connectivity index (χ4n) is 2.37. The van der Waals surface area contributed by atoms with Gasteiger partial charge in [0.2, 0.25) is 0 Å². The van der Waals surface area contributed by atoms with E-state index in [9.17, 15) is 14.0 Å². The van der Waals surface area contributed by atoms with E-state index in [1.165, 1.54) is 7.11 Å². The Morgan fingerprint density at radius 3 is 2.43 bits per heavy atom. The van der Waals surface area contributed by atoms with Gasteiger partial charge in [-0.3, -0.25) is 4.79 Å². The van der Waals surface area contributed by atoms with Crippen LogP contribution in [0.5, 0.6) is 0 Å². The number of carbonyl (C=O) groups is 2. The van der Waals surface area contributed by atoms with E-state index in [1.54, 1.807) is 25.7 Å². The Hall–Kier alpha value is -1.33. The Morgan fingerprint density at radius 2 is 1.86 bits per heavy atom. The highest BCUT2D eigenvalue weighted by Crippen LogP contribution is 2.26. The summed E-state index contributed by atoms with van der Waals surface area (Å²) < 4.78 is 24.0. The summed E-state index contributed by atoms with van der Waals surface area (Å²) >= 11 is 0. The predicted octanol–water partition coefficient (Wildman–Crippen LogP) is 2.92. The summed E-state index contributed by atoms with van der Waals surface area (Å²) in [6.07, 6.45) is 0.0948. The van der Waals surface area contributed by atoms with Gasteiger partial charge in [0.25, 0.3) is 0 Å². The zero-order chi connectivity index (χ0) is 16.0. The number of amides is 1. The lowest BCUT2D eigenvalue weighted by Gasteiger charge is -2.26. The van der Waals surface area contributed by atoms with Gasteiger partial charge in [-0.1, -0.05) is 0 Å². The Kier molecular flexibility index (Phi) is 6.42. The van der Waals surface area contributed by atoms with E-state index in [0.717, 1.165) is 0 Å². The van der Waals surface area contributed by atoms with E-state index >= 15 is 0 Å². The molecular weight excluding hydrogens is 277 g/mol. The first-order valence-electron chi connectivity index (χ1n) is 7.41. The molecule has 5 nitrogen and oxygen atoms in total. The Morgan fingerprint density at radius 1 is 1.24 bits per heavy atom. The normalized spacial score (nSPS) is 23.4. The van der Waals surface area contributed by atoms with Crippen molar-refractivity contribution in [1.82, 2.24) is 4.90 Å². The lowest BCUT2D eigenvalue weighted by molar-refractivity contribution is -0.141. The van der Waals surface area contributed by atoms with Crippen molar-refractivity contribution in [2.75, 3.05) is 20.2 Å². The number of likely N-dealkylation sites (tertiary alicyclic amines) is 1. The maximum Gasteiger partial charge on any atom is 0.410 e. The zero-order valence-corrected chi connectivity index (χ0v) is 13.4. The van der Waals surface area contributed by atoms with Gasteiger partial charge in [0, 0.05) is 19.5 Å². The number of halogens is 1. The second-order valence-corrected chi connectivity index (χ2v) is 6.44. The predicted molar refractivity (Wildman–Crippen MR) is 76.7 cm³/mol. The molecule has 1 rings (SSSR count). The van der Waals surface area contributed by atoms with E-state index in [-0.39, 0.29) is 24.7 Å². The van der Waals surface area contributed by atoms with Gasteiger partial charge in [0.05, 0.1) is 7.11 Å². The molecule has 0 aromatic carbocycles. The molecule has 0 N–H and O–H groups in total. The molecule has 0 saturated carbocycles. The third-order valence-corrected chi connectivity index (χ3v) is 3.55. The summed E-state index contributed by atoms with van der Waals surface area (Å²) in [6, 6.07) is 0. The fraction of sp³-hybridized carbons (Fsp3) is 0.867. The van der Waals surface area contributed by atoms with Crippen molar-refractivity contribution in [1.29, 1.82) is 0 Å². The highest BCUT2D eigenvalue weighted by atomic mass is 19.1. The quantitative estimate of drug-likeness (QED) is 0.752. The van der Waals surface area contributed by atoms with Crippen molar-refractivity contribution < 1.29 is 23.5 Å². The van der Waals surface area contributed by atoms with Gasteiger partial charge in [-0.05, 0) is 46.0 Å². The monoisotopic (exact) mass is 303 g/mol. The first-order valence-corrected chi connectivity index (χ1v) is 7.41. The van der Waals surface area contributed by atoms with Crippen LogP contribution < -0.4 is 0 Å². The third-order valence-electron chi connectivity index (χ3n) is 3.55. The van der Waals surface area contributed by atoms with Crippen molar-refractivity contribution in [3.63, 3.8) is 0 Å². The number of ether oxygens (including phenoxy) is 2. The molecule has 0 aliphatic carbocycles. The summed E-state index contributed by atoms with van der Waals surface area (Å²) in [5.74, 6) is -0.535. The molecule has 6 heteroatoms. The minimum absolute atomic E-state index is 0.212. The van der Waals surface area contributed by atoms with Gasteiger partial charge in [-0.2, -0.15) is 0 Å². The summed E-state index contributed by atoms with van der Waals surface area (Å²) in [4.78, 5) is 24.7. The maximum absolute atomic E-state index is 14.1. The Bertz CT molecular complexity index is 367. The van der Waals surface area contributed by atoms with Gasteiger partial charge in [0.15, 0.2) is 0 Å². The second kappa shape index (κ2) is 7.61. The number of methoxy groups -OCH3 is 1. The molecule has 2 atom stereocenters. The van der Waals surface area contributed by atoms with E-state index < -0.39 is 17.9 Å². The average Bonchev–Trinajstić information content (AvgIpc) is 2.56. The van der Waals surface area contributed by atoms with Gasteiger partial charge in [-0.25, -0.2) is 9.18 Å². The average molecular weight is 303 g/mol. The minimum atomic E-state index is -0.998. The van der Waals surface area contributed by atoms with Gasteiger partial charge >= 0.3 is 12.1 Å². The molecule has 1 aliphatic rings. The molecule has 0 aromatic heterocycles. The number of rotatable bonds is 3. The molecule has 0 unspecified atom stereocenters. The first-order chi connectivity index (χ1) is 9.73. The molecular formula is C15H26FNO4. The standard InChI is InChI=1S/C15H26FNO4/c1-15(2,3)21-14(19)17-9-7-11(12(16)8-10-17)5-6-13(18)20-4/h11-12H,5-10H2,1-4H3/t11-,12-/m1/s1. The first kappa shape index (κ1) is 17.7. The van der Waals surface area contributed by atoms with Gasteiger partial charge < -0.3 is 14.4 Å². The SMILES string of the molecule is COC(=O)CC[C@@H]1CCN(C(=O)OC(C)(C)C)CC[C@H]1F.